The molecule has 0 unspecified atom stereocenters. The van der Waals surface area contributed by atoms with Crippen molar-refractivity contribution in [1.29, 1.82) is 0 Å². The molecule has 2 aromatic heterocycles. The maximum atomic E-state index is 13.0. The van der Waals surface area contributed by atoms with E-state index in [2.05, 4.69) is 36.4 Å². The molecule has 0 aliphatic rings. The second-order valence-corrected chi connectivity index (χ2v) is 10.7. The molecule has 0 aliphatic carbocycles. The maximum Gasteiger partial charge on any atom is 0.324 e. The first-order valence-corrected chi connectivity index (χ1v) is 13.0. The van der Waals surface area contributed by atoms with Crippen LogP contribution in [-0.2, 0) is 21.4 Å². The lowest BCUT2D eigenvalue weighted by Crippen LogP contribution is -2.21. The van der Waals surface area contributed by atoms with Crippen molar-refractivity contribution >= 4 is 23.3 Å². The number of methoxy groups -OCH3 is 1. The predicted octanol–water partition coefficient (Wildman–Crippen LogP) is 6.38. The van der Waals surface area contributed by atoms with Gasteiger partial charge in [-0.3, -0.25) is 15.1 Å². The van der Waals surface area contributed by atoms with E-state index in [1.54, 1.807) is 35.1 Å². The third kappa shape index (κ3) is 7.33. The van der Waals surface area contributed by atoms with Gasteiger partial charge in [0.2, 0.25) is 0 Å². The molecule has 0 radical (unpaired) electrons. The Bertz CT molecular complexity index is 1500. The number of ether oxygens (including phenoxy) is 2. The van der Waals surface area contributed by atoms with Gasteiger partial charge in [0.15, 0.2) is 5.78 Å². The number of amides is 2. The molecule has 40 heavy (non-hydrogen) atoms. The van der Waals surface area contributed by atoms with Gasteiger partial charge in [-0.2, -0.15) is 5.10 Å². The van der Waals surface area contributed by atoms with Gasteiger partial charge in [-0.15, -0.1) is 0 Å². The summed E-state index contributed by atoms with van der Waals surface area (Å²) >= 11 is 0. The summed E-state index contributed by atoms with van der Waals surface area (Å²) in [7, 11) is 1.49. The zero-order chi connectivity index (χ0) is 28.9. The standard InChI is InChI=1S/C31H35N5O4/c1-20-7-10-24(11-8-20)36-29(18-28(35-36)31(3,4)5)34-30(38)33-22-9-12-27(21(2)15-22)40-26-13-14-32-23(17-26)16-25(37)19-39-6/h7-15,17-18H,16,19H2,1-6H3,(H2,33,34,38). The zero-order valence-electron chi connectivity index (χ0n) is 23.7. The summed E-state index contributed by atoms with van der Waals surface area (Å²) in [5, 5.41) is 10.6. The first kappa shape index (κ1) is 28.5. The summed E-state index contributed by atoms with van der Waals surface area (Å²) in [6, 6.07) is 18.3. The molecular weight excluding hydrogens is 506 g/mol. The number of nitrogens with one attached hydrogen (secondary N) is 2. The lowest BCUT2D eigenvalue weighted by atomic mass is 9.92. The SMILES string of the molecule is COCC(=O)Cc1cc(Oc2ccc(NC(=O)Nc3cc(C(C)(C)C)nn3-c3ccc(C)cc3)cc2C)ccn1. The van der Waals surface area contributed by atoms with Crippen LogP contribution in [0.5, 0.6) is 11.5 Å². The van der Waals surface area contributed by atoms with Gasteiger partial charge in [-0.1, -0.05) is 38.5 Å². The third-order valence-electron chi connectivity index (χ3n) is 6.13. The second kappa shape index (κ2) is 12.1. The number of carbonyl (C=O) groups excluding carboxylic acids is 2. The minimum Gasteiger partial charge on any atom is -0.457 e. The molecule has 0 saturated heterocycles. The van der Waals surface area contributed by atoms with E-state index in [1.165, 1.54) is 7.11 Å². The summed E-state index contributed by atoms with van der Waals surface area (Å²) in [4.78, 5) is 29.1. The van der Waals surface area contributed by atoms with Crippen LogP contribution in [0.25, 0.3) is 5.69 Å². The highest BCUT2D eigenvalue weighted by Gasteiger charge is 2.21. The summed E-state index contributed by atoms with van der Waals surface area (Å²) in [5.41, 5.74) is 4.71. The molecule has 2 aromatic carbocycles. The van der Waals surface area contributed by atoms with Gasteiger partial charge in [0, 0.05) is 36.5 Å². The number of hydrogen-bond acceptors (Lipinski definition) is 6. The van der Waals surface area contributed by atoms with Gasteiger partial charge in [0.05, 0.1) is 23.5 Å². The zero-order valence-corrected chi connectivity index (χ0v) is 23.7. The van der Waals surface area contributed by atoms with Crippen molar-refractivity contribution in [3.05, 3.63) is 89.4 Å². The van der Waals surface area contributed by atoms with Crippen molar-refractivity contribution in [2.45, 2.75) is 46.5 Å². The minimum absolute atomic E-state index is 0.0416. The Hall–Kier alpha value is -4.50. The topological polar surface area (TPSA) is 107 Å². The highest BCUT2D eigenvalue weighted by Crippen LogP contribution is 2.29. The Labute approximate surface area is 234 Å². The highest BCUT2D eigenvalue weighted by molar-refractivity contribution is 5.99. The van der Waals surface area contributed by atoms with E-state index in [-0.39, 0.29) is 30.3 Å². The van der Waals surface area contributed by atoms with Crippen molar-refractivity contribution in [3.8, 4) is 17.2 Å². The lowest BCUT2D eigenvalue weighted by Gasteiger charge is -2.14. The van der Waals surface area contributed by atoms with E-state index in [0.717, 1.165) is 22.5 Å². The van der Waals surface area contributed by atoms with Crippen LogP contribution in [0.3, 0.4) is 0 Å². The van der Waals surface area contributed by atoms with E-state index >= 15 is 0 Å². The average molecular weight is 542 g/mol. The Kier molecular flexibility index (Phi) is 8.64. The van der Waals surface area contributed by atoms with E-state index in [1.807, 2.05) is 50.2 Å². The number of aryl methyl sites for hydroxylation is 2. The number of ketones is 1. The van der Waals surface area contributed by atoms with E-state index in [4.69, 9.17) is 14.6 Å². The smallest absolute Gasteiger partial charge is 0.324 e. The van der Waals surface area contributed by atoms with Gasteiger partial charge in [-0.05, 0) is 55.8 Å². The van der Waals surface area contributed by atoms with Crippen LogP contribution >= 0.6 is 0 Å². The van der Waals surface area contributed by atoms with E-state index in [0.29, 0.717) is 28.7 Å². The number of nitrogens with zero attached hydrogens (tertiary/aromatic N) is 3. The first-order chi connectivity index (χ1) is 19.0. The minimum atomic E-state index is -0.388. The molecule has 9 heteroatoms. The Morgan fingerprint density at radius 1 is 0.950 bits per heavy atom. The normalized spacial score (nSPS) is 11.2. The average Bonchev–Trinajstić information content (AvgIpc) is 3.31. The maximum absolute atomic E-state index is 13.0. The van der Waals surface area contributed by atoms with Gasteiger partial charge < -0.3 is 14.8 Å². The van der Waals surface area contributed by atoms with Crippen LogP contribution in [0.1, 0.15) is 43.3 Å². The molecule has 4 rings (SSSR count). The van der Waals surface area contributed by atoms with Crippen molar-refractivity contribution in [2.24, 2.45) is 0 Å². The third-order valence-corrected chi connectivity index (χ3v) is 6.13. The van der Waals surface area contributed by atoms with Crippen LogP contribution < -0.4 is 15.4 Å². The lowest BCUT2D eigenvalue weighted by molar-refractivity contribution is -0.122. The molecule has 4 aromatic rings. The molecule has 0 fully saturated rings. The van der Waals surface area contributed by atoms with Crippen LogP contribution in [0.4, 0.5) is 16.3 Å². The number of Topliss-reactive ketones (excluding diaryl/α,β-unsaturated/α-hetero) is 1. The molecule has 2 amide bonds. The molecule has 9 nitrogen and oxygen atoms in total. The van der Waals surface area contributed by atoms with E-state index < -0.39 is 0 Å². The van der Waals surface area contributed by atoms with Crippen LogP contribution in [0.15, 0.2) is 66.9 Å². The van der Waals surface area contributed by atoms with E-state index in [9.17, 15) is 9.59 Å². The van der Waals surface area contributed by atoms with Crippen LogP contribution in [-0.4, -0.2) is 40.3 Å². The molecule has 0 aliphatic heterocycles. The number of carbonyl (C=O) groups is 2. The fraction of sp³-hybridized carbons (Fsp3) is 0.290. The van der Waals surface area contributed by atoms with Gasteiger partial charge in [-0.25, -0.2) is 9.48 Å². The monoisotopic (exact) mass is 541 g/mol. The molecule has 2 N–H and O–H groups in total. The van der Waals surface area contributed by atoms with Gasteiger partial charge >= 0.3 is 6.03 Å². The number of benzene rings is 2. The number of hydrogen-bond donors (Lipinski definition) is 2. The van der Waals surface area contributed by atoms with Gasteiger partial charge in [0.1, 0.15) is 23.9 Å². The number of urea groups is 1. The summed E-state index contributed by atoms with van der Waals surface area (Å²) in [5.74, 6) is 1.70. The summed E-state index contributed by atoms with van der Waals surface area (Å²) in [6.45, 7) is 10.2. The molecule has 208 valence electrons. The highest BCUT2D eigenvalue weighted by atomic mass is 16.5. The van der Waals surface area contributed by atoms with Crippen molar-refractivity contribution in [1.82, 2.24) is 14.8 Å². The molecule has 2 heterocycles. The van der Waals surface area contributed by atoms with Crippen LogP contribution in [0.2, 0.25) is 0 Å². The van der Waals surface area contributed by atoms with Crippen molar-refractivity contribution in [2.75, 3.05) is 24.4 Å². The number of aromatic nitrogens is 3. The van der Waals surface area contributed by atoms with Crippen molar-refractivity contribution in [3.63, 3.8) is 0 Å². The molecular formula is C31H35N5O4. The molecule has 0 bridgehead atoms. The summed E-state index contributed by atoms with van der Waals surface area (Å²) < 4.78 is 12.7. The number of rotatable bonds is 9. The van der Waals surface area contributed by atoms with Crippen molar-refractivity contribution < 1.29 is 19.1 Å². The van der Waals surface area contributed by atoms with Gasteiger partial charge in [0.25, 0.3) is 0 Å². The Balaban J connectivity index is 1.46. The summed E-state index contributed by atoms with van der Waals surface area (Å²) in [6.07, 6.45) is 1.77. The predicted molar refractivity (Wildman–Crippen MR) is 156 cm³/mol. The fourth-order valence-electron chi connectivity index (χ4n) is 4.00. The number of anilines is 2. The Morgan fingerprint density at radius 3 is 2.38 bits per heavy atom. The largest absolute Gasteiger partial charge is 0.457 e. The Morgan fingerprint density at radius 2 is 1.70 bits per heavy atom. The molecule has 0 atom stereocenters. The van der Waals surface area contributed by atoms with Crippen LogP contribution in [0, 0.1) is 13.8 Å². The molecule has 0 spiro atoms. The second-order valence-electron chi connectivity index (χ2n) is 10.7. The number of pyridine rings is 1. The molecule has 0 saturated carbocycles. The quantitative estimate of drug-likeness (QED) is 0.255. The fourth-order valence-corrected chi connectivity index (χ4v) is 4.00. The first-order valence-electron chi connectivity index (χ1n) is 13.0.